The maximum absolute atomic E-state index is 12.8. The van der Waals surface area contributed by atoms with Crippen LogP contribution in [0.5, 0.6) is 0 Å². The van der Waals surface area contributed by atoms with E-state index in [0.717, 1.165) is 54.6 Å². The zero-order chi connectivity index (χ0) is 21.9. The Morgan fingerprint density at radius 2 is 1.77 bits per heavy atom. The molecule has 2 aromatic carbocycles. The van der Waals surface area contributed by atoms with E-state index in [9.17, 15) is 4.79 Å². The van der Waals surface area contributed by atoms with E-state index in [0.29, 0.717) is 17.3 Å². The van der Waals surface area contributed by atoms with Crippen molar-refractivity contribution in [1.29, 1.82) is 0 Å². The quantitative estimate of drug-likeness (QED) is 0.339. The van der Waals surface area contributed by atoms with Gasteiger partial charge in [-0.25, -0.2) is 4.79 Å². The average molecular weight is 466 g/mol. The smallest absolute Gasteiger partial charge is 0.355 e. The molecule has 31 heavy (non-hydrogen) atoms. The van der Waals surface area contributed by atoms with Crippen molar-refractivity contribution in [2.45, 2.75) is 33.7 Å². The Kier molecular flexibility index (Phi) is 12.3. The number of carbonyl (C=O) groups is 1. The van der Waals surface area contributed by atoms with Crippen LogP contribution in [0.3, 0.4) is 0 Å². The first-order chi connectivity index (χ1) is 14.6. The van der Waals surface area contributed by atoms with E-state index in [1.165, 1.54) is 0 Å². The number of hydrogen-bond acceptors (Lipinski definition) is 4. The monoisotopic (exact) mass is 465 g/mol. The normalized spacial score (nSPS) is 10.2. The molecule has 5 nitrogen and oxygen atoms in total. The van der Waals surface area contributed by atoms with Crippen LogP contribution >= 0.6 is 24.0 Å². The van der Waals surface area contributed by atoms with Crippen molar-refractivity contribution in [3.63, 3.8) is 0 Å². The number of nitrogens with one attached hydrogen (secondary N) is 1. The number of ether oxygens (including phenoxy) is 1. The Bertz CT molecular complexity index is 943. The molecule has 3 rings (SSSR count). The lowest BCUT2D eigenvalue weighted by Crippen LogP contribution is -2.18. The van der Waals surface area contributed by atoms with Gasteiger partial charge in [0.25, 0.3) is 0 Å². The fourth-order valence-corrected chi connectivity index (χ4v) is 3.58. The van der Waals surface area contributed by atoms with Crippen LogP contribution < -0.4 is 11.1 Å². The second-order valence-electron chi connectivity index (χ2n) is 6.74. The first-order valence-electron chi connectivity index (χ1n) is 10.5. The minimum atomic E-state index is -0.296. The lowest BCUT2D eigenvalue weighted by Gasteiger charge is -2.14. The molecule has 1 heterocycles. The van der Waals surface area contributed by atoms with Gasteiger partial charge in [-0.05, 0) is 50.7 Å². The third kappa shape index (κ3) is 6.97. The van der Waals surface area contributed by atoms with Gasteiger partial charge in [0, 0.05) is 22.3 Å². The number of halogens is 2. The summed E-state index contributed by atoms with van der Waals surface area (Å²) in [5.41, 5.74) is 7.51. The predicted molar refractivity (Wildman–Crippen MR) is 133 cm³/mol. The van der Waals surface area contributed by atoms with Gasteiger partial charge in [0.2, 0.25) is 0 Å². The molecule has 1 aromatic heterocycles. The molecule has 0 radical (unpaired) electrons. The largest absolute Gasteiger partial charge is 0.461 e. The molecular formula is C24H33Cl2N3O2. The molecule has 0 spiro atoms. The molecule has 0 bridgehead atoms. The van der Waals surface area contributed by atoms with E-state index < -0.39 is 0 Å². The summed E-state index contributed by atoms with van der Waals surface area (Å²) >= 11 is 6.29. The number of nitrogens with zero attached hydrogens (tertiary/aromatic N) is 1. The number of aromatic nitrogens is 1. The molecule has 0 saturated carbocycles. The van der Waals surface area contributed by atoms with Gasteiger partial charge in [0.05, 0.1) is 12.3 Å². The standard InChI is InChI=1S/C22H25ClN2O2.C2H7N.ClH/c1-3-24-13-8-14-25-20(16-9-6-5-7-10-16)19-15-17(23)11-12-18(19)21(25)22(26)27-4-2;1-2-3;/h5-7,9-12,15,24H,3-4,8,13-14H2,1-2H3;2-3H2,1H3;1H. The van der Waals surface area contributed by atoms with E-state index in [2.05, 4.69) is 28.9 Å². The van der Waals surface area contributed by atoms with Gasteiger partial charge >= 0.3 is 5.97 Å². The highest BCUT2D eigenvalue weighted by Gasteiger charge is 2.24. The molecule has 170 valence electrons. The summed E-state index contributed by atoms with van der Waals surface area (Å²) in [5, 5.41) is 5.84. The fraction of sp³-hybridized carbons (Fsp3) is 0.375. The molecule has 0 saturated heterocycles. The Balaban J connectivity index is 0.00000113. The SMILES string of the molecule is CCN.CCNCCCn1c(C(=O)OCC)c2ccc(Cl)cc2c1-c1ccccc1.Cl. The van der Waals surface area contributed by atoms with E-state index in [1.54, 1.807) is 0 Å². The number of hydrogen-bond donors (Lipinski definition) is 2. The first-order valence-corrected chi connectivity index (χ1v) is 10.9. The van der Waals surface area contributed by atoms with Crippen LogP contribution in [0.1, 0.15) is 37.7 Å². The number of fused-ring (bicyclic) bond motifs is 1. The summed E-state index contributed by atoms with van der Waals surface area (Å²) in [4.78, 5) is 12.8. The van der Waals surface area contributed by atoms with Crippen LogP contribution in [0.2, 0.25) is 5.02 Å². The minimum absolute atomic E-state index is 0. The van der Waals surface area contributed by atoms with Crippen molar-refractivity contribution in [2.75, 3.05) is 26.2 Å². The molecule has 3 N–H and O–H groups in total. The summed E-state index contributed by atoms with van der Waals surface area (Å²) in [5.74, 6) is -0.296. The van der Waals surface area contributed by atoms with Crippen LogP contribution in [-0.2, 0) is 11.3 Å². The Morgan fingerprint density at radius 3 is 2.39 bits per heavy atom. The van der Waals surface area contributed by atoms with Gasteiger partial charge in [-0.3, -0.25) is 0 Å². The summed E-state index contributed by atoms with van der Waals surface area (Å²) < 4.78 is 7.46. The molecule has 0 unspecified atom stereocenters. The number of carbonyl (C=O) groups excluding carboxylic acids is 1. The van der Waals surface area contributed by atoms with Crippen molar-refractivity contribution in [1.82, 2.24) is 9.88 Å². The summed E-state index contributed by atoms with van der Waals surface area (Å²) in [6.45, 7) is 9.45. The maximum atomic E-state index is 12.8. The molecule has 0 fully saturated rings. The molecule has 0 aliphatic heterocycles. The summed E-state index contributed by atoms with van der Waals surface area (Å²) in [6, 6.07) is 15.8. The lowest BCUT2D eigenvalue weighted by molar-refractivity contribution is 0.0516. The van der Waals surface area contributed by atoms with Gasteiger partial charge in [-0.1, -0.05) is 61.8 Å². The molecule has 0 aliphatic carbocycles. The molecule has 0 atom stereocenters. The number of benzene rings is 2. The molecule has 0 amide bonds. The third-order valence-corrected chi connectivity index (χ3v) is 4.77. The predicted octanol–water partition coefficient (Wildman–Crippen LogP) is 5.52. The molecule has 3 aromatic rings. The highest BCUT2D eigenvalue weighted by Crippen LogP contribution is 2.36. The topological polar surface area (TPSA) is 69.3 Å². The zero-order valence-corrected chi connectivity index (χ0v) is 20.1. The Labute approximate surface area is 196 Å². The van der Waals surface area contributed by atoms with Gasteiger partial charge in [-0.2, -0.15) is 0 Å². The van der Waals surface area contributed by atoms with Crippen molar-refractivity contribution >= 4 is 40.7 Å². The second-order valence-corrected chi connectivity index (χ2v) is 7.18. The van der Waals surface area contributed by atoms with E-state index in [4.69, 9.17) is 22.1 Å². The van der Waals surface area contributed by atoms with Crippen molar-refractivity contribution in [3.05, 3.63) is 59.2 Å². The highest BCUT2D eigenvalue weighted by atomic mass is 35.5. The highest BCUT2D eigenvalue weighted by molar-refractivity contribution is 6.31. The van der Waals surface area contributed by atoms with Crippen LogP contribution in [0, 0.1) is 0 Å². The van der Waals surface area contributed by atoms with E-state index in [-0.39, 0.29) is 18.4 Å². The van der Waals surface area contributed by atoms with Crippen LogP contribution in [0.15, 0.2) is 48.5 Å². The summed E-state index contributed by atoms with van der Waals surface area (Å²) in [7, 11) is 0. The average Bonchev–Trinajstić information content (AvgIpc) is 3.06. The number of esters is 1. The van der Waals surface area contributed by atoms with Crippen molar-refractivity contribution in [2.24, 2.45) is 5.73 Å². The molecule has 7 heteroatoms. The Hall–Kier alpha value is -2.05. The summed E-state index contributed by atoms with van der Waals surface area (Å²) in [6.07, 6.45) is 0.912. The van der Waals surface area contributed by atoms with Crippen molar-refractivity contribution < 1.29 is 9.53 Å². The van der Waals surface area contributed by atoms with Gasteiger partial charge in [0.1, 0.15) is 5.69 Å². The van der Waals surface area contributed by atoms with Gasteiger partial charge < -0.3 is 20.4 Å². The maximum Gasteiger partial charge on any atom is 0.355 e. The second kappa shape index (κ2) is 14.1. The lowest BCUT2D eigenvalue weighted by atomic mass is 10.1. The van der Waals surface area contributed by atoms with E-state index >= 15 is 0 Å². The third-order valence-electron chi connectivity index (χ3n) is 4.53. The van der Waals surface area contributed by atoms with Crippen LogP contribution in [0.4, 0.5) is 0 Å². The van der Waals surface area contributed by atoms with E-state index in [1.807, 2.05) is 50.2 Å². The van der Waals surface area contributed by atoms with Gasteiger partial charge in [0.15, 0.2) is 0 Å². The van der Waals surface area contributed by atoms with Crippen LogP contribution in [-0.4, -0.2) is 36.8 Å². The zero-order valence-electron chi connectivity index (χ0n) is 18.5. The van der Waals surface area contributed by atoms with Crippen molar-refractivity contribution in [3.8, 4) is 11.3 Å². The van der Waals surface area contributed by atoms with Crippen LogP contribution in [0.25, 0.3) is 22.0 Å². The Morgan fingerprint density at radius 1 is 1.10 bits per heavy atom. The molecule has 0 aliphatic rings. The minimum Gasteiger partial charge on any atom is -0.461 e. The number of nitrogens with two attached hydrogens (primary N) is 1. The fourth-order valence-electron chi connectivity index (χ4n) is 3.41. The van der Waals surface area contributed by atoms with Gasteiger partial charge in [-0.15, -0.1) is 12.4 Å². The first kappa shape index (κ1) is 27.0. The number of rotatable bonds is 8. The molecular weight excluding hydrogens is 433 g/mol.